The Kier molecular flexibility index (Phi) is 6.11. The molecule has 0 aliphatic carbocycles. The van der Waals surface area contributed by atoms with Gasteiger partial charge >= 0.3 is 0 Å². The number of sulfonamides is 1. The second-order valence-electron chi connectivity index (χ2n) is 6.82. The summed E-state index contributed by atoms with van der Waals surface area (Å²) in [6, 6.07) is 9.94. The lowest BCUT2D eigenvalue weighted by Gasteiger charge is -2.10. The van der Waals surface area contributed by atoms with Crippen molar-refractivity contribution in [3.8, 4) is 11.3 Å². The van der Waals surface area contributed by atoms with Crippen LogP contribution in [0.25, 0.3) is 11.3 Å². The molecule has 0 radical (unpaired) electrons. The Morgan fingerprint density at radius 1 is 0.879 bits per heavy atom. The van der Waals surface area contributed by atoms with Crippen LogP contribution in [-0.4, -0.2) is 43.1 Å². The summed E-state index contributed by atoms with van der Waals surface area (Å²) in [6.07, 6.45) is 0.978. The molecular formula is C18H15N5O8S2. The molecule has 0 unspecified atom stereocenters. The van der Waals surface area contributed by atoms with Gasteiger partial charge in [0.25, 0.3) is 21.4 Å². The number of anilines is 1. The number of nitrogens with zero attached hydrogens (tertiary/aromatic N) is 4. The average molecular weight is 493 g/mol. The predicted molar refractivity (Wildman–Crippen MR) is 116 cm³/mol. The molecule has 1 N–H and O–H groups in total. The number of benzene rings is 2. The molecule has 3 rings (SSSR count). The molecule has 15 heteroatoms. The standard InChI is InChI=1S/C18H15N5O8S2/c1-11-16(22(24)25)9-14(10-17(11)23(26)27)33(30,31)21-13-5-3-4-12(8-13)15-6-7-18(20-19-15)32(2,28)29/h3-10,21H,1-2H3. The Morgan fingerprint density at radius 2 is 1.48 bits per heavy atom. The minimum absolute atomic E-state index is 0.0346. The zero-order valence-electron chi connectivity index (χ0n) is 17.0. The summed E-state index contributed by atoms with van der Waals surface area (Å²) in [5, 5.41) is 29.7. The molecule has 172 valence electrons. The lowest BCUT2D eigenvalue weighted by Crippen LogP contribution is -2.14. The summed E-state index contributed by atoms with van der Waals surface area (Å²) >= 11 is 0. The van der Waals surface area contributed by atoms with Crippen molar-refractivity contribution in [2.45, 2.75) is 16.8 Å². The van der Waals surface area contributed by atoms with E-state index < -0.39 is 46.0 Å². The fourth-order valence-electron chi connectivity index (χ4n) is 2.82. The summed E-state index contributed by atoms with van der Waals surface area (Å²) in [5.41, 5.74) is -1.01. The van der Waals surface area contributed by atoms with Gasteiger partial charge in [0.05, 0.1) is 15.5 Å². The molecule has 0 bridgehead atoms. The lowest BCUT2D eigenvalue weighted by molar-refractivity contribution is -0.395. The fraction of sp³-hybridized carbons (Fsp3) is 0.111. The van der Waals surface area contributed by atoms with Crippen molar-refractivity contribution in [1.29, 1.82) is 0 Å². The Labute approximate surface area is 187 Å². The van der Waals surface area contributed by atoms with Crippen molar-refractivity contribution in [3.05, 3.63) is 74.3 Å². The van der Waals surface area contributed by atoms with Crippen LogP contribution in [0.5, 0.6) is 0 Å². The van der Waals surface area contributed by atoms with E-state index in [1.807, 2.05) is 0 Å². The number of nitro benzene ring substituents is 2. The zero-order valence-corrected chi connectivity index (χ0v) is 18.6. The van der Waals surface area contributed by atoms with Gasteiger partial charge in [0.15, 0.2) is 14.9 Å². The highest BCUT2D eigenvalue weighted by Crippen LogP contribution is 2.32. The smallest absolute Gasteiger partial charge is 0.280 e. The summed E-state index contributed by atoms with van der Waals surface area (Å²) in [6.45, 7) is 1.15. The fourth-order valence-corrected chi connectivity index (χ4v) is 4.41. The van der Waals surface area contributed by atoms with Crippen molar-refractivity contribution in [2.75, 3.05) is 11.0 Å². The maximum Gasteiger partial charge on any atom is 0.280 e. The molecular weight excluding hydrogens is 478 g/mol. The van der Waals surface area contributed by atoms with Gasteiger partial charge in [0.1, 0.15) is 10.5 Å². The number of nitro groups is 2. The summed E-state index contributed by atoms with van der Waals surface area (Å²) < 4.78 is 50.9. The first-order valence-electron chi connectivity index (χ1n) is 8.90. The van der Waals surface area contributed by atoms with Crippen LogP contribution in [0, 0.1) is 27.2 Å². The number of nitrogens with one attached hydrogen (secondary N) is 1. The highest BCUT2D eigenvalue weighted by molar-refractivity contribution is 7.92. The predicted octanol–water partition coefficient (Wildman–Crippen LogP) is 2.47. The third-order valence-electron chi connectivity index (χ3n) is 4.46. The first-order chi connectivity index (χ1) is 15.3. The molecule has 1 heterocycles. The van der Waals surface area contributed by atoms with Gasteiger partial charge in [0, 0.05) is 29.6 Å². The molecule has 2 aromatic carbocycles. The molecule has 0 saturated heterocycles. The number of hydrogen-bond donors (Lipinski definition) is 1. The first kappa shape index (κ1) is 23.7. The molecule has 1 aromatic heterocycles. The third-order valence-corrected chi connectivity index (χ3v) is 6.80. The van der Waals surface area contributed by atoms with Gasteiger partial charge in [-0.1, -0.05) is 12.1 Å². The van der Waals surface area contributed by atoms with Crippen molar-refractivity contribution in [3.63, 3.8) is 0 Å². The molecule has 0 amide bonds. The molecule has 0 saturated carbocycles. The first-order valence-corrected chi connectivity index (χ1v) is 12.3. The number of rotatable bonds is 7. The highest BCUT2D eigenvalue weighted by atomic mass is 32.2. The Hall–Kier alpha value is -3.98. The molecule has 0 aliphatic rings. The molecule has 0 atom stereocenters. The van der Waals surface area contributed by atoms with E-state index in [9.17, 15) is 37.1 Å². The second kappa shape index (κ2) is 8.51. The number of sulfone groups is 1. The van der Waals surface area contributed by atoms with Crippen LogP contribution < -0.4 is 4.72 Å². The van der Waals surface area contributed by atoms with E-state index in [1.54, 1.807) is 6.07 Å². The highest BCUT2D eigenvalue weighted by Gasteiger charge is 2.28. The van der Waals surface area contributed by atoms with E-state index in [1.165, 1.54) is 30.3 Å². The van der Waals surface area contributed by atoms with Crippen LogP contribution in [0.4, 0.5) is 17.1 Å². The van der Waals surface area contributed by atoms with Gasteiger partial charge in [0.2, 0.25) is 0 Å². The quantitative estimate of drug-likeness (QED) is 0.377. The normalized spacial score (nSPS) is 11.7. The maximum absolute atomic E-state index is 12.8. The van der Waals surface area contributed by atoms with Crippen LogP contribution in [0.1, 0.15) is 5.56 Å². The summed E-state index contributed by atoms with van der Waals surface area (Å²) in [5.74, 6) is 0. The van der Waals surface area contributed by atoms with E-state index in [2.05, 4.69) is 14.9 Å². The van der Waals surface area contributed by atoms with Gasteiger partial charge < -0.3 is 0 Å². The van der Waals surface area contributed by atoms with E-state index in [0.29, 0.717) is 5.56 Å². The van der Waals surface area contributed by atoms with E-state index >= 15 is 0 Å². The van der Waals surface area contributed by atoms with Crippen LogP contribution in [0.2, 0.25) is 0 Å². The topological polar surface area (TPSA) is 192 Å². The van der Waals surface area contributed by atoms with Crippen molar-refractivity contribution in [2.24, 2.45) is 0 Å². The molecule has 0 aliphatic heterocycles. The van der Waals surface area contributed by atoms with Crippen LogP contribution in [0.15, 0.2) is 58.5 Å². The van der Waals surface area contributed by atoms with Gasteiger partial charge in [-0.15, -0.1) is 10.2 Å². The van der Waals surface area contributed by atoms with Crippen molar-refractivity contribution in [1.82, 2.24) is 10.2 Å². The maximum atomic E-state index is 12.8. The van der Waals surface area contributed by atoms with E-state index in [0.717, 1.165) is 25.3 Å². The van der Waals surface area contributed by atoms with Gasteiger partial charge in [-0.05, 0) is 31.2 Å². The second-order valence-corrected chi connectivity index (χ2v) is 10.5. The largest absolute Gasteiger partial charge is 0.280 e. The number of aromatic nitrogens is 2. The minimum Gasteiger partial charge on any atom is -0.280 e. The Bertz CT molecular complexity index is 1450. The molecule has 0 spiro atoms. The third kappa shape index (κ3) is 5.09. The van der Waals surface area contributed by atoms with Crippen molar-refractivity contribution >= 4 is 36.9 Å². The van der Waals surface area contributed by atoms with Crippen molar-refractivity contribution < 1.29 is 26.7 Å². The molecule has 0 fully saturated rings. The van der Waals surface area contributed by atoms with Gasteiger partial charge in [-0.2, -0.15) is 0 Å². The lowest BCUT2D eigenvalue weighted by atomic mass is 10.1. The van der Waals surface area contributed by atoms with Crippen LogP contribution in [0.3, 0.4) is 0 Å². The summed E-state index contributed by atoms with van der Waals surface area (Å²) in [7, 11) is -7.99. The number of hydrogen-bond acceptors (Lipinski definition) is 10. The zero-order chi connectivity index (χ0) is 24.6. The van der Waals surface area contributed by atoms with Gasteiger partial charge in [-0.3, -0.25) is 25.0 Å². The average Bonchev–Trinajstić information content (AvgIpc) is 2.72. The van der Waals surface area contributed by atoms with Crippen LogP contribution >= 0.6 is 0 Å². The molecule has 33 heavy (non-hydrogen) atoms. The monoisotopic (exact) mass is 493 g/mol. The van der Waals surface area contributed by atoms with Crippen LogP contribution in [-0.2, 0) is 19.9 Å². The Balaban J connectivity index is 1.99. The molecule has 3 aromatic rings. The minimum atomic E-state index is -4.44. The Morgan fingerprint density at radius 3 is 1.97 bits per heavy atom. The van der Waals surface area contributed by atoms with Gasteiger partial charge in [-0.25, -0.2) is 16.8 Å². The summed E-state index contributed by atoms with van der Waals surface area (Å²) in [4.78, 5) is 20.0. The van der Waals surface area contributed by atoms with E-state index in [4.69, 9.17) is 0 Å². The molecule has 13 nitrogen and oxygen atoms in total. The SMILES string of the molecule is Cc1c([N+](=O)[O-])cc(S(=O)(=O)Nc2cccc(-c3ccc(S(C)(=O)=O)nn3)c2)cc1[N+](=O)[O-]. The van der Waals surface area contributed by atoms with E-state index in [-0.39, 0.29) is 22.0 Å².